The minimum Gasteiger partial charge on any atom is -0.480 e. The van der Waals surface area contributed by atoms with Crippen LogP contribution in [0, 0.1) is 5.92 Å². The summed E-state index contributed by atoms with van der Waals surface area (Å²) < 4.78 is 0.971. The van der Waals surface area contributed by atoms with Crippen LogP contribution in [0.5, 0.6) is 0 Å². The molecule has 0 unspecified atom stereocenters. The Bertz CT molecular complexity index is 665. The van der Waals surface area contributed by atoms with Gasteiger partial charge in [-0.25, -0.2) is 4.79 Å². The van der Waals surface area contributed by atoms with E-state index in [0.29, 0.717) is 17.3 Å². The summed E-state index contributed by atoms with van der Waals surface area (Å²) in [6.07, 6.45) is 0.637. The topological polar surface area (TPSA) is 85.1 Å². The van der Waals surface area contributed by atoms with E-state index < -0.39 is 17.6 Å². The zero-order valence-corrected chi connectivity index (χ0v) is 10.8. The van der Waals surface area contributed by atoms with Gasteiger partial charge < -0.3 is 5.11 Å². The van der Waals surface area contributed by atoms with Gasteiger partial charge >= 0.3 is 5.97 Å². The molecule has 0 aliphatic rings. The Morgan fingerprint density at radius 3 is 2.74 bits per heavy atom. The van der Waals surface area contributed by atoms with Crippen LogP contribution < -0.4 is 5.56 Å². The molecule has 0 spiro atoms. The Morgan fingerprint density at radius 2 is 2.11 bits per heavy atom. The fourth-order valence-corrected chi connectivity index (χ4v) is 2.00. The fourth-order valence-electron chi connectivity index (χ4n) is 2.00. The molecule has 6 nitrogen and oxygen atoms in total. The second kappa shape index (κ2) is 5.17. The number of rotatable bonds is 4. The average Bonchev–Trinajstić information content (AvgIpc) is 2.41. The van der Waals surface area contributed by atoms with E-state index >= 15 is 0 Å². The molecule has 1 aromatic heterocycles. The summed E-state index contributed by atoms with van der Waals surface area (Å²) in [5.41, 5.74) is 0.0512. The van der Waals surface area contributed by atoms with Crippen LogP contribution in [-0.2, 0) is 4.79 Å². The maximum atomic E-state index is 12.3. The van der Waals surface area contributed by atoms with Crippen LogP contribution in [0.1, 0.15) is 26.3 Å². The van der Waals surface area contributed by atoms with Crippen LogP contribution in [0.3, 0.4) is 0 Å². The average molecular weight is 261 g/mol. The van der Waals surface area contributed by atoms with E-state index in [-0.39, 0.29) is 5.92 Å². The van der Waals surface area contributed by atoms with Crippen LogP contribution in [0.4, 0.5) is 0 Å². The van der Waals surface area contributed by atoms with Gasteiger partial charge in [-0.3, -0.25) is 4.79 Å². The van der Waals surface area contributed by atoms with E-state index in [1.165, 1.54) is 0 Å². The summed E-state index contributed by atoms with van der Waals surface area (Å²) in [7, 11) is 0. The quantitative estimate of drug-likeness (QED) is 0.900. The summed E-state index contributed by atoms with van der Waals surface area (Å²) in [6, 6.07) is 5.78. The number of aliphatic carboxylic acids is 1. The number of benzene rings is 1. The van der Waals surface area contributed by atoms with E-state index in [9.17, 15) is 14.7 Å². The summed E-state index contributed by atoms with van der Waals surface area (Å²) in [4.78, 5) is 23.7. The Balaban J connectivity index is 2.64. The number of nitrogens with zero attached hydrogens (tertiary/aromatic N) is 3. The zero-order chi connectivity index (χ0) is 14.0. The van der Waals surface area contributed by atoms with Crippen molar-refractivity contribution in [2.75, 3.05) is 0 Å². The van der Waals surface area contributed by atoms with Crippen molar-refractivity contribution in [2.24, 2.45) is 5.92 Å². The van der Waals surface area contributed by atoms with E-state index in [4.69, 9.17) is 0 Å². The van der Waals surface area contributed by atoms with Crippen molar-refractivity contribution in [3.05, 3.63) is 34.6 Å². The molecule has 1 heterocycles. The molecule has 2 rings (SSSR count). The van der Waals surface area contributed by atoms with Gasteiger partial charge in [-0.05, 0) is 18.1 Å². The molecule has 6 heteroatoms. The smallest absolute Gasteiger partial charge is 0.328 e. The number of hydrogen-bond donors (Lipinski definition) is 1. The number of carbonyl (C=O) groups is 1. The Morgan fingerprint density at radius 1 is 1.42 bits per heavy atom. The molecule has 100 valence electrons. The second-order valence-corrected chi connectivity index (χ2v) is 4.52. The Labute approximate surface area is 109 Å². The second-order valence-electron chi connectivity index (χ2n) is 4.52. The van der Waals surface area contributed by atoms with Gasteiger partial charge in [0.05, 0.1) is 5.39 Å². The number of carboxylic acids is 1. The highest BCUT2D eigenvalue weighted by molar-refractivity contribution is 5.77. The van der Waals surface area contributed by atoms with Crippen molar-refractivity contribution in [1.29, 1.82) is 0 Å². The summed E-state index contributed by atoms with van der Waals surface area (Å²) in [5.74, 6) is -1.27. The molecule has 19 heavy (non-hydrogen) atoms. The largest absolute Gasteiger partial charge is 0.480 e. The molecule has 0 fully saturated rings. The molecule has 0 amide bonds. The van der Waals surface area contributed by atoms with Crippen molar-refractivity contribution < 1.29 is 9.90 Å². The molecule has 2 aromatic rings. The SMILES string of the molecule is CC[C@H](C)[C@H](C(=O)O)n1nnc2ccccc2c1=O. The van der Waals surface area contributed by atoms with Gasteiger partial charge in [0.25, 0.3) is 5.56 Å². The third-order valence-corrected chi connectivity index (χ3v) is 3.29. The minimum atomic E-state index is -1.07. The van der Waals surface area contributed by atoms with Crippen molar-refractivity contribution in [2.45, 2.75) is 26.3 Å². The highest BCUT2D eigenvalue weighted by atomic mass is 16.4. The van der Waals surface area contributed by atoms with Crippen molar-refractivity contribution in [1.82, 2.24) is 15.0 Å². The number of hydrogen-bond acceptors (Lipinski definition) is 4. The van der Waals surface area contributed by atoms with Gasteiger partial charge in [0.15, 0.2) is 6.04 Å². The van der Waals surface area contributed by atoms with E-state index in [1.807, 2.05) is 6.92 Å². The van der Waals surface area contributed by atoms with Crippen LogP contribution >= 0.6 is 0 Å². The first-order valence-electron chi connectivity index (χ1n) is 6.13. The summed E-state index contributed by atoms with van der Waals surface area (Å²) in [6.45, 7) is 3.65. The normalized spacial score (nSPS) is 14.2. The first kappa shape index (κ1) is 13.2. The van der Waals surface area contributed by atoms with Gasteiger partial charge in [0.1, 0.15) is 5.52 Å². The van der Waals surface area contributed by atoms with Crippen LogP contribution in [0.25, 0.3) is 10.9 Å². The van der Waals surface area contributed by atoms with Crippen LogP contribution in [-0.4, -0.2) is 26.1 Å². The third-order valence-electron chi connectivity index (χ3n) is 3.29. The van der Waals surface area contributed by atoms with Gasteiger partial charge in [0.2, 0.25) is 0 Å². The first-order chi connectivity index (χ1) is 9.06. The molecule has 0 saturated heterocycles. The third kappa shape index (κ3) is 2.33. The maximum absolute atomic E-state index is 12.3. The monoisotopic (exact) mass is 261 g/mol. The van der Waals surface area contributed by atoms with Gasteiger partial charge in [0, 0.05) is 0 Å². The lowest BCUT2D eigenvalue weighted by atomic mass is 9.99. The summed E-state index contributed by atoms with van der Waals surface area (Å²) in [5, 5.41) is 17.4. The van der Waals surface area contributed by atoms with E-state index in [0.717, 1.165) is 4.68 Å². The molecule has 0 radical (unpaired) electrons. The number of aromatic nitrogens is 3. The summed E-state index contributed by atoms with van der Waals surface area (Å²) >= 11 is 0. The van der Waals surface area contributed by atoms with E-state index in [2.05, 4.69) is 10.3 Å². The molecule has 0 aliphatic heterocycles. The molecular formula is C13H15N3O3. The lowest BCUT2D eigenvalue weighted by molar-refractivity contribution is -0.143. The Hall–Kier alpha value is -2.24. The van der Waals surface area contributed by atoms with Gasteiger partial charge in [-0.15, -0.1) is 5.10 Å². The van der Waals surface area contributed by atoms with Crippen LogP contribution in [0.2, 0.25) is 0 Å². The lowest BCUT2D eigenvalue weighted by Crippen LogP contribution is -2.36. The molecule has 2 atom stereocenters. The zero-order valence-electron chi connectivity index (χ0n) is 10.8. The molecule has 1 aromatic carbocycles. The van der Waals surface area contributed by atoms with Crippen LogP contribution in [0.15, 0.2) is 29.1 Å². The van der Waals surface area contributed by atoms with Crippen molar-refractivity contribution in [3.8, 4) is 0 Å². The van der Waals surface area contributed by atoms with Gasteiger partial charge in [-0.2, -0.15) is 4.68 Å². The molecule has 0 saturated carbocycles. The number of carboxylic acid groups (broad SMARTS) is 1. The predicted molar refractivity (Wildman–Crippen MR) is 69.9 cm³/mol. The van der Waals surface area contributed by atoms with Gasteiger partial charge in [-0.1, -0.05) is 37.6 Å². The minimum absolute atomic E-state index is 0.203. The van der Waals surface area contributed by atoms with Crippen molar-refractivity contribution >= 4 is 16.9 Å². The predicted octanol–water partition coefficient (Wildman–Crippen LogP) is 1.46. The molecule has 1 N–H and O–H groups in total. The highest BCUT2D eigenvalue weighted by Crippen LogP contribution is 2.19. The molecular weight excluding hydrogens is 246 g/mol. The number of fused-ring (bicyclic) bond motifs is 1. The lowest BCUT2D eigenvalue weighted by Gasteiger charge is -2.19. The standard InChI is InChI=1S/C13H15N3O3/c1-3-8(2)11(13(18)19)16-12(17)9-6-4-5-7-10(9)14-15-16/h4-8,11H,3H2,1-2H3,(H,18,19)/t8-,11+/m0/s1. The van der Waals surface area contributed by atoms with E-state index in [1.54, 1.807) is 31.2 Å². The first-order valence-corrected chi connectivity index (χ1v) is 6.13. The molecule has 0 aliphatic carbocycles. The maximum Gasteiger partial charge on any atom is 0.328 e. The highest BCUT2D eigenvalue weighted by Gasteiger charge is 2.28. The van der Waals surface area contributed by atoms with Crippen molar-refractivity contribution in [3.63, 3.8) is 0 Å². The Kier molecular flexibility index (Phi) is 3.59. The molecule has 0 bridgehead atoms. The fraction of sp³-hybridized carbons (Fsp3) is 0.385.